The topological polar surface area (TPSA) is 18.5 Å². The van der Waals surface area contributed by atoms with E-state index in [0.29, 0.717) is 12.0 Å². The smallest absolute Gasteiger partial charge is 0.120 e. The predicted octanol–water partition coefficient (Wildman–Crippen LogP) is 3.61. The molecule has 0 bridgehead atoms. The first kappa shape index (κ1) is 14.2. The van der Waals surface area contributed by atoms with Gasteiger partial charge in [-0.25, -0.2) is 0 Å². The highest BCUT2D eigenvalue weighted by Gasteiger charge is 2.14. The van der Waals surface area contributed by atoms with Crippen molar-refractivity contribution in [3.8, 4) is 17.6 Å². The number of hydrogen-bond acceptors (Lipinski definition) is 2. The van der Waals surface area contributed by atoms with E-state index in [1.165, 1.54) is 12.8 Å². The van der Waals surface area contributed by atoms with Crippen LogP contribution in [-0.4, -0.2) is 25.2 Å². The number of hydrogen-bond donors (Lipinski definition) is 0. The molecule has 0 aliphatic carbocycles. The Morgan fingerprint density at radius 3 is 3.16 bits per heavy atom. The second kappa shape index (κ2) is 8.09. The summed E-state index contributed by atoms with van der Waals surface area (Å²) in [5, 5.41) is 0. The molecule has 1 aliphatic heterocycles. The van der Waals surface area contributed by atoms with Crippen LogP contribution in [-0.2, 0) is 4.74 Å². The van der Waals surface area contributed by atoms with Gasteiger partial charge in [0, 0.05) is 12.2 Å². The highest BCUT2D eigenvalue weighted by Crippen LogP contribution is 2.18. The lowest BCUT2D eigenvalue weighted by atomic mass is 10.1. The van der Waals surface area contributed by atoms with Crippen LogP contribution in [0.1, 0.15) is 31.2 Å². The normalized spacial score (nSPS) is 17.8. The zero-order valence-corrected chi connectivity index (χ0v) is 11.8. The summed E-state index contributed by atoms with van der Waals surface area (Å²) in [5.74, 6) is 7.05. The van der Waals surface area contributed by atoms with E-state index in [4.69, 9.17) is 21.1 Å². The summed E-state index contributed by atoms with van der Waals surface area (Å²) in [6.07, 6.45) is 4.97. The quantitative estimate of drug-likeness (QED) is 0.465. The molecular weight excluding hydrogens is 260 g/mol. The Morgan fingerprint density at radius 2 is 2.37 bits per heavy atom. The van der Waals surface area contributed by atoms with Gasteiger partial charge in [0.15, 0.2) is 0 Å². The van der Waals surface area contributed by atoms with Crippen LogP contribution >= 0.6 is 11.6 Å². The average molecular weight is 279 g/mol. The van der Waals surface area contributed by atoms with Crippen molar-refractivity contribution in [3.63, 3.8) is 0 Å². The molecule has 1 heterocycles. The van der Waals surface area contributed by atoms with Crippen molar-refractivity contribution in [1.29, 1.82) is 0 Å². The molecule has 2 nitrogen and oxygen atoms in total. The molecule has 2 rings (SSSR count). The first-order valence-electron chi connectivity index (χ1n) is 6.78. The van der Waals surface area contributed by atoms with Gasteiger partial charge in [0.2, 0.25) is 0 Å². The Kier molecular flexibility index (Phi) is 6.07. The number of ether oxygens (including phenoxy) is 2. The third-order valence-corrected chi connectivity index (χ3v) is 3.23. The van der Waals surface area contributed by atoms with Crippen LogP contribution in [0.4, 0.5) is 0 Å². The molecule has 1 aromatic carbocycles. The first-order valence-corrected chi connectivity index (χ1v) is 7.31. The van der Waals surface area contributed by atoms with Crippen molar-refractivity contribution in [3.05, 3.63) is 29.8 Å². The number of alkyl halides is 1. The summed E-state index contributed by atoms with van der Waals surface area (Å²) >= 11 is 5.54. The van der Waals surface area contributed by atoms with E-state index >= 15 is 0 Å². The second-order valence-corrected chi connectivity index (χ2v) is 4.86. The molecule has 0 amide bonds. The average Bonchev–Trinajstić information content (AvgIpc) is 2.95. The van der Waals surface area contributed by atoms with Crippen molar-refractivity contribution < 1.29 is 9.47 Å². The minimum Gasteiger partial charge on any atom is -0.494 e. The van der Waals surface area contributed by atoms with Crippen molar-refractivity contribution in [2.24, 2.45) is 0 Å². The molecule has 102 valence electrons. The summed E-state index contributed by atoms with van der Waals surface area (Å²) < 4.78 is 11.3. The van der Waals surface area contributed by atoms with Gasteiger partial charge < -0.3 is 9.47 Å². The van der Waals surface area contributed by atoms with Crippen LogP contribution in [0.3, 0.4) is 0 Å². The standard InChI is InChI=1S/C16H19ClO2/c17-10-2-6-14-5-1-7-16(13-14)19-12-4-9-15-8-3-11-18-15/h1,5,7,13,15H,3-4,8-12H2. The largest absolute Gasteiger partial charge is 0.494 e. The molecule has 3 heteroatoms. The molecule has 0 spiro atoms. The van der Waals surface area contributed by atoms with Crippen molar-refractivity contribution in [2.75, 3.05) is 19.1 Å². The maximum atomic E-state index is 5.73. The molecule has 1 unspecified atom stereocenters. The fourth-order valence-electron chi connectivity index (χ4n) is 2.17. The monoisotopic (exact) mass is 278 g/mol. The van der Waals surface area contributed by atoms with Crippen LogP contribution in [0.25, 0.3) is 0 Å². The minimum atomic E-state index is 0.354. The van der Waals surface area contributed by atoms with Gasteiger partial charge in [-0.15, -0.1) is 11.6 Å². The number of halogens is 1. The summed E-state index contributed by atoms with van der Waals surface area (Å²) in [6.45, 7) is 1.65. The summed E-state index contributed by atoms with van der Waals surface area (Å²) in [4.78, 5) is 0. The maximum absolute atomic E-state index is 5.73. The van der Waals surface area contributed by atoms with Crippen molar-refractivity contribution >= 4 is 11.6 Å². The third kappa shape index (κ3) is 5.14. The van der Waals surface area contributed by atoms with Gasteiger partial charge in [-0.1, -0.05) is 17.9 Å². The van der Waals surface area contributed by atoms with Crippen LogP contribution in [0.15, 0.2) is 24.3 Å². The maximum Gasteiger partial charge on any atom is 0.120 e. The van der Waals surface area contributed by atoms with E-state index in [2.05, 4.69) is 11.8 Å². The fourth-order valence-corrected chi connectivity index (χ4v) is 2.24. The molecule has 1 fully saturated rings. The Bertz CT molecular complexity index is 442. The van der Waals surface area contributed by atoms with E-state index in [9.17, 15) is 0 Å². The summed E-state index contributed by atoms with van der Waals surface area (Å²) in [6, 6.07) is 7.82. The van der Waals surface area contributed by atoms with Crippen LogP contribution in [0.5, 0.6) is 5.75 Å². The Hall–Kier alpha value is -1.17. The van der Waals surface area contributed by atoms with Gasteiger partial charge in [0.05, 0.1) is 18.6 Å². The number of rotatable bonds is 5. The zero-order valence-electron chi connectivity index (χ0n) is 11.0. The molecule has 0 aromatic heterocycles. The van der Waals surface area contributed by atoms with Crippen molar-refractivity contribution in [1.82, 2.24) is 0 Å². The lowest BCUT2D eigenvalue weighted by Gasteiger charge is -2.10. The van der Waals surface area contributed by atoms with Gasteiger partial charge in [0.1, 0.15) is 5.75 Å². The van der Waals surface area contributed by atoms with E-state index < -0.39 is 0 Å². The predicted molar refractivity (Wildman–Crippen MR) is 77.7 cm³/mol. The van der Waals surface area contributed by atoms with Crippen molar-refractivity contribution in [2.45, 2.75) is 31.8 Å². The molecule has 1 atom stereocenters. The highest BCUT2D eigenvalue weighted by molar-refractivity contribution is 6.19. The van der Waals surface area contributed by atoms with E-state index in [1.807, 2.05) is 24.3 Å². The lowest BCUT2D eigenvalue weighted by Crippen LogP contribution is -2.07. The summed E-state index contributed by atoms with van der Waals surface area (Å²) in [7, 11) is 0. The van der Waals surface area contributed by atoms with Gasteiger partial charge in [-0.3, -0.25) is 0 Å². The Balaban J connectivity index is 1.72. The van der Waals surface area contributed by atoms with Crippen LogP contribution < -0.4 is 4.74 Å². The molecule has 1 aliphatic rings. The Morgan fingerprint density at radius 1 is 1.42 bits per heavy atom. The second-order valence-electron chi connectivity index (χ2n) is 4.59. The minimum absolute atomic E-state index is 0.354. The Labute approximate surface area is 120 Å². The van der Waals surface area contributed by atoms with Gasteiger partial charge in [0.25, 0.3) is 0 Å². The van der Waals surface area contributed by atoms with E-state index in [1.54, 1.807) is 0 Å². The third-order valence-electron chi connectivity index (χ3n) is 3.10. The van der Waals surface area contributed by atoms with Gasteiger partial charge >= 0.3 is 0 Å². The van der Waals surface area contributed by atoms with E-state index in [0.717, 1.165) is 37.4 Å². The SMILES string of the molecule is ClCC#Cc1cccc(OCCCC2CCCO2)c1. The van der Waals surface area contributed by atoms with Gasteiger partial charge in [-0.2, -0.15) is 0 Å². The van der Waals surface area contributed by atoms with E-state index in [-0.39, 0.29) is 0 Å². The van der Waals surface area contributed by atoms with Gasteiger partial charge in [-0.05, 0) is 43.9 Å². The molecule has 0 N–H and O–H groups in total. The molecule has 0 radical (unpaired) electrons. The molecular formula is C16H19ClO2. The number of benzene rings is 1. The lowest BCUT2D eigenvalue weighted by molar-refractivity contribution is 0.0981. The molecule has 0 saturated carbocycles. The molecule has 1 aromatic rings. The molecule has 1 saturated heterocycles. The molecule has 19 heavy (non-hydrogen) atoms. The zero-order chi connectivity index (χ0) is 13.3. The first-order chi connectivity index (χ1) is 9.38. The summed E-state index contributed by atoms with van der Waals surface area (Å²) in [5.41, 5.74) is 0.942. The highest BCUT2D eigenvalue weighted by atomic mass is 35.5. The van der Waals surface area contributed by atoms with Crippen LogP contribution in [0, 0.1) is 11.8 Å². The van der Waals surface area contributed by atoms with Crippen LogP contribution in [0.2, 0.25) is 0 Å². The fraction of sp³-hybridized carbons (Fsp3) is 0.500.